The van der Waals surface area contributed by atoms with Crippen molar-refractivity contribution in [2.24, 2.45) is 0 Å². The second-order valence-electron chi connectivity index (χ2n) is 5.99. The third kappa shape index (κ3) is 2.26. The Hall–Kier alpha value is -2.75. The minimum atomic E-state index is 0.0927. The number of hydrogen-bond donors (Lipinski definition) is 2. The number of hydrogen-bond acceptors (Lipinski definition) is 5. The van der Waals surface area contributed by atoms with Gasteiger partial charge in [0.2, 0.25) is 11.6 Å². The molecule has 6 N–H and O–H groups in total. The Morgan fingerprint density at radius 2 is 1.83 bits per heavy atom. The summed E-state index contributed by atoms with van der Waals surface area (Å²) in [4.78, 5) is 8.35. The van der Waals surface area contributed by atoms with Crippen molar-refractivity contribution in [2.45, 2.75) is 39.7 Å². The zero-order chi connectivity index (χ0) is 17.4. The maximum atomic E-state index is 9.86. The summed E-state index contributed by atoms with van der Waals surface area (Å²) in [6.45, 7) is 7.73. The van der Waals surface area contributed by atoms with E-state index in [1.54, 1.807) is 0 Å². The maximum Gasteiger partial charge on any atom is 0.287 e. The average Bonchev–Trinajstić information content (AvgIpc) is 2.98. The van der Waals surface area contributed by atoms with Gasteiger partial charge in [0.05, 0.1) is 18.7 Å². The molecule has 0 aliphatic carbocycles. The first-order chi connectivity index (χ1) is 11.5. The van der Waals surface area contributed by atoms with Gasteiger partial charge in [-0.3, -0.25) is 10.6 Å². The molecule has 0 fully saturated rings. The second kappa shape index (κ2) is 6.04. The van der Waals surface area contributed by atoms with E-state index in [-0.39, 0.29) is 6.10 Å². The molecule has 126 valence electrons. The van der Waals surface area contributed by atoms with Crippen molar-refractivity contribution in [2.75, 3.05) is 29.5 Å². The van der Waals surface area contributed by atoms with E-state index in [1.807, 2.05) is 13.8 Å². The molecule has 0 amide bonds. The number of nitrogens with two attached hydrogens (primary N) is 2. The van der Waals surface area contributed by atoms with Gasteiger partial charge >= 0.3 is 0 Å². The van der Waals surface area contributed by atoms with Crippen LogP contribution in [-0.2, 0) is 6.42 Å². The molecule has 0 bridgehead atoms. The molecule has 2 aromatic rings. The van der Waals surface area contributed by atoms with E-state index in [0.29, 0.717) is 28.5 Å². The van der Waals surface area contributed by atoms with Crippen molar-refractivity contribution in [3.05, 3.63) is 11.1 Å². The monoisotopic (exact) mass is 328 g/mol. The van der Waals surface area contributed by atoms with Gasteiger partial charge in [-0.15, -0.1) is 0 Å². The van der Waals surface area contributed by atoms with E-state index < -0.39 is 0 Å². The van der Waals surface area contributed by atoms with Crippen molar-refractivity contribution in [3.63, 3.8) is 0 Å². The van der Waals surface area contributed by atoms with Crippen LogP contribution in [0.25, 0.3) is 10.8 Å². The quantitative estimate of drug-likeness (QED) is 0.870. The number of aromatic amines is 2. The van der Waals surface area contributed by atoms with Gasteiger partial charge in [-0.1, -0.05) is 6.92 Å². The Morgan fingerprint density at radius 3 is 2.42 bits per heavy atom. The fourth-order valence-corrected chi connectivity index (χ4v) is 3.43. The first-order valence-corrected chi connectivity index (χ1v) is 8.39. The molecular formula is C17H24N6O+2. The van der Waals surface area contributed by atoms with Gasteiger partial charge in [-0.25, -0.2) is 9.97 Å². The van der Waals surface area contributed by atoms with E-state index in [4.69, 9.17) is 16.2 Å². The number of H-pyrrole nitrogens is 2. The van der Waals surface area contributed by atoms with Crippen molar-refractivity contribution in [1.29, 1.82) is 5.26 Å². The molecule has 0 saturated carbocycles. The van der Waals surface area contributed by atoms with Crippen LogP contribution in [-0.4, -0.2) is 19.2 Å². The highest BCUT2D eigenvalue weighted by molar-refractivity contribution is 6.03. The molecule has 0 aromatic carbocycles. The van der Waals surface area contributed by atoms with Gasteiger partial charge in [-0.2, -0.15) is 5.26 Å². The van der Waals surface area contributed by atoms with Crippen LogP contribution in [0.5, 0.6) is 5.88 Å². The van der Waals surface area contributed by atoms with Crippen molar-refractivity contribution >= 4 is 28.2 Å². The molecule has 3 rings (SSSR count). The summed E-state index contributed by atoms with van der Waals surface area (Å²) in [5.74, 6) is 2.26. The number of pyridine rings is 2. The predicted molar refractivity (Wildman–Crippen MR) is 92.6 cm³/mol. The van der Waals surface area contributed by atoms with Crippen LogP contribution in [0, 0.1) is 11.3 Å². The van der Waals surface area contributed by atoms with E-state index in [2.05, 4.69) is 27.9 Å². The highest BCUT2D eigenvalue weighted by Gasteiger charge is 2.34. The zero-order valence-electron chi connectivity index (χ0n) is 14.4. The number of ether oxygens (including phenoxy) is 1. The van der Waals surface area contributed by atoms with Crippen molar-refractivity contribution in [3.8, 4) is 11.9 Å². The van der Waals surface area contributed by atoms with Gasteiger partial charge in [0.15, 0.2) is 0 Å². The number of rotatable bonds is 4. The number of nitrogen functional groups attached to an aromatic ring is 2. The van der Waals surface area contributed by atoms with Gasteiger partial charge in [0, 0.05) is 11.8 Å². The molecule has 7 heteroatoms. The molecule has 1 atom stereocenters. The number of fused-ring (bicyclic) bond motifs is 3. The molecule has 0 saturated heterocycles. The third-order valence-electron chi connectivity index (χ3n) is 4.72. The smallest absolute Gasteiger partial charge is 0.287 e. The van der Waals surface area contributed by atoms with E-state index in [0.717, 1.165) is 42.7 Å². The minimum Gasteiger partial charge on any atom is -0.458 e. The van der Waals surface area contributed by atoms with Gasteiger partial charge in [-0.05, 0) is 20.3 Å². The predicted octanol–water partition coefficient (Wildman–Crippen LogP) is 1.06. The topological polar surface area (TPSA) is 117 Å². The lowest BCUT2D eigenvalue weighted by atomic mass is 9.98. The molecule has 0 unspecified atom stereocenters. The van der Waals surface area contributed by atoms with Gasteiger partial charge < -0.3 is 10.5 Å². The summed E-state index contributed by atoms with van der Waals surface area (Å²) in [5.41, 5.74) is 14.0. The van der Waals surface area contributed by atoms with Crippen molar-refractivity contribution in [1.82, 2.24) is 0 Å². The van der Waals surface area contributed by atoms with Crippen LogP contribution in [0.2, 0.25) is 0 Å². The van der Waals surface area contributed by atoms with Crippen LogP contribution in [0.4, 0.5) is 17.5 Å². The summed E-state index contributed by atoms with van der Waals surface area (Å²) in [6, 6.07) is 2.35. The molecule has 1 aliphatic heterocycles. The zero-order valence-corrected chi connectivity index (χ0v) is 14.4. The number of anilines is 3. The molecule has 7 nitrogen and oxygen atoms in total. The van der Waals surface area contributed by atoms with Crippen LogP contribution in [0.15, 0.2) is 0 Å². The van der Waals surface area contributed by atoms with Crippen LogP contribution in [0.3, 0.4) is 0 Å². The van der Waals surface area contributed by atoms with E-state index in [9.17, 15) is 5.26 Å². The lowest BCUT2D eigenvalue weighted by Gasteiger charge is -2.18. The van der Waals surface area contributed by atoms with Crippen LogP contribution < -0.4 is 31.1 Å². The summed E-state index contributed by atoms with van der Waals surface area (Å²) < 4.78 is 5.93. The van der Waals surface area contributed by atoms with Gasteiger partial charge in [0.1, 0.15) is 23.1 Å². The number of aromatic nitrogens is 2. The normalized spacial score (nSPS) is 15.8. The standard InChI is InChI=1S/C17H22N6O/c1-4-9-7-10-12-11(8-18)16(23(5-2)6-3)21-14(19)13(12)15(20)22-17(10)24-9/h9H,4-7H2,1-3H3,(H2,19,21)(H2,20,22)/p+2/t9-/m0/s1. The molecule has 0 spiro atoms. The fourth-order valence-electron chi connectivity index (χ4n) is 3.43. The lowest BCUT2D eigenvalue weighted by Crippen LogP contribution is -2.32. The number of nitrogens with one attached hydrogen (secondary N) is 2. The lowest BCUT2D eigenvalue weighted by molar-refractivity contribution is -0.376. The Balaban J connectivity index is 2.40. The minimum absolute atomic E-state index is 0.0927. The molecule has 3 heterocycles. The Morgan fingerprint density at radius 1 is 1.17 bits per heavy atom. The molecule has 2 aromatic heterocycles. The highest BCUT2D eigenvalue weighted by atomic mass is 16.5. The fraction of sp³-hybridized carbons (Fsp3) is 0.471. The largest absolute Gasteiger partial charge is 0.458 e. The Labute approximate surface area is 141 Å². The second-order valence-corrected chi connectivity index (χ2v) is 5.99. The first kappa shape index (κ1) is 16.1. The van der Waals surface area contributed by atoms with Crippen LogP contribution >= 0.6 is 0 Å². The summed E-state index contributed by atoms with van der Waals surface area (Å²) >= 11 is 0. The summed E-state index contributed by atoms with van der Waals surface area (Å²) in [6.07, 6.45) is 1.73. The van der Waals surface area contributed by atoms with E-state index in [1.165, 1.54) is 0 Å². The molecule has 24 heavy (non-hydrogen) atoms. The van der Waals surface area contributed by atoms with Gasteiger partial charge in [0.25, 0.3) is 11.7 Å². The first-order valence-electron chi connectivity index (χ1n) is 8.39. The van der Waals surface area contributed by atoms with E-state index >= 15 is 0 Å². The van der Waals surface area contributed by atoms with Crippen LogP contribution in [0.1, 0.15) is 38.3 Å². The molecular weight excluding hydrogens is 304 g/mol. The third-order valence-corrected chi connectivity index (χ3v) is 4.72. The van der Waals surface area contributed by atoms with Crippen molar-refractivity contribution < 1.29 is 14.7 Å². The molecule has 1 aliphatic rings. The number of nitriles is 1. The summed E-state index contributed by atoms with van der Waals surface area (Å²) in [7, 11) is 0. The Kier molecular flexibility index (Phi) is 4.06. The average molecular weight is 328 g/mol. The SMILES string of the molecule is CC[C@H]1Cc2c([nH+]c(N)c3c(N)[nH+]c(N(CC)CC)c(C#N)c23)O1. The summed E-state index contributed by atoms with van der Waals surface area (Å²) in [5, 5.41) is 11.3. The molecule has 0 radical (unpaired) electrons. The Bertz CT molecular complexity index is 838. The maximum absolute atomic E-state index is 9.86. The number of nitrogens with zero attached hydrogens (tertiary/aromatic N) is 2. The highest BCUT2D eigenvalue weighted by Crippen LogP contribution is 2.39.